The van der Waals surface area contributed by atoms with Crippen molar-refractivity contribution in [3.63, 3.8) is 0 Å². The van der Waals surface area contributed by atoms with Gasteiger partial charge in [-0.25, -0.2) is 4.98 Å². The van der Waals surface area contributed by atoms with Crippen molar-refractivity contribution in [3.05, 3.63) is 50.9 Å². The number of halogens is 1. The Morgan fingerprint density at radius 3 is 3.00 bits per heavy atom. The zero-order valence-electron chi connectivity index (χ0n) is 7.81. The fraction of sp³-hybridized carbons (Fsp3) is 0.0909. The lowest BCUT2D eigenvalue weighted by Gasteiger charge is -1.98. The van der Waals surface area contributed by atoms with E-state index < -0.39 is 0 Å². The van der Waals surface area contributed by atoms with Crippen LogP contribution in [0.15, 0.2) is 40.3 Å². The second kappa shape index (κ2) is 4.68. The van der Waals surface area contributed by atoms with Crippen molar-refractivity contribution in [2.24, 2.45) is 0 Å². The monoisotopic (exact) mass is 281 g/mol. The van der Waals surface area contributed by atoms with Crippen molar-refractivity contribution in [1.82, 2.24) is 4.98 Å². The number of nitrogens with zero attached hydrogens (tertiary/aromatic N) is 1. The lowest BCUT2D eigenvalue weighted by atomic mass is 10.1. The summed E-state index contributed by atoms with van der Waals surface area (Å²) >= 11 is 4.85. The average Bonchev–Trinajstić information content (AvgIpc) is 2.70. The molecule has 0 radical (unpaired) electrons. The second-order valence-electron chi connectivity index (χ2n) is 3.04. The van der Waals surface area contributed by atoms with Gasteiger partial charge in [-0.05, 0) is 12.1 Å². The highest BCUT2D eigenvalue weighted by atomic mass is 79.9. The quantitative estimate of drug-likeness (QED) is 0.808. The van der Waals surface area contributed by atoms with Crippen LogP contribution in [-0.2, 0) is 6.42 Å². The van der Waals surface area contributed by atoms with Crippen molar-refractivity contribution in [3.8, 4) is 0 Å². The second-order valence-corrected chi connectivity index (χ2v) is 4.93. The Labute approximate surface area is 100 Å². The maximum absolute atomic E-state index is 11.8. The third kappa shape index (κ3) is 2.73. The normalized spacial score (nSPS) is 10.2. The smallest absolute Gasteiger partial charge is 0.169 e. The van der Waals surface area contributed by atoms with Gasteiger partial charge in [0.25, 0.3) is 0 Å². The van der Waals surface area contributed by atoms with E-state index in [0.29, 0.717) is 6.42 Å². The Bertz CT molecular complexity index is 467. The fourth-order valence-electron chi connectivity index (χ4n) is 1.24. The van der Waals surface area contributed by atoms with Crippen molar-refractivity contribution in [2.45, 2.75) is 6.42 Å². The molecule has 1 aromatic heterocycles. The molecule has 0 saturated heterocycles. The van der Waals surface area contributed by atoms with Crippen molar-refractivity contribution in [2.75, 3.05) is 0 Å². The molecule has 0 N–H and O–H groups in total. The molecule has 2 aromatic rings. The van der Waals surface area contributed by atoms with Gasteiger partial charge in [-0.3, -0.25) is 4.79 Å². The van der Waals surface area contributed by atoms with Crippen LogP contribution >= 0.6 is 27.3 Å². The summed E-state index contributed by atoms with van der Waals surface area (Å²) in [5.74, 6) is 0.103. The molecule has 0 spiro atoms. The Morgan fingerprint density at radius 1 is 1.47 bits per heavy atom. The molecule has 4 heteroatoms. The first kappa shape index (κ1) is 10.5. The number of carbonyl (C=O) groups excluding carboxylic acids is 1. The molecule has 0 aliphatic heterocycles. The minimum absolute atomic E-state index is 0.103. The van der Waals surface area contributed by atoms with Crippen LogP contribution in [0.1, 0.15) is 15.4 Å². The third-order valence-electron chi connectivity index (χ3n) is 1.94. The van der Waals surface area contributed by atoms with Crippen molar-refractivity contribution in [1.29, 1.82) is 0 Å². The number of hydrogen-bond donors (Lipinski definition) is 0. The first-order valence-electron chi connectivity index (χ1n) is 4.43. The predicted molar refractivity (Wildman–Crippen MR) is 64.3 cm³/mol. The minimum atomic E-state index is 0.103. The number of thiazole rings is 1. The molecule has 0 fully saturated rings. The highest BCUT2D eigenvalue weighted by Gasteiger charge is 2.08. The summed E-state index contributed by atoms with van der Waals surface area (Å²) in [6.07, 6.45) is 2.10. The zero-order chi connectivity index (χ0) is 10.7. The van der Waals surface area contributed by atoms with Gasteiger partial charge in [0.15, 0.2) is 5.78 Å². The van der Waals surface area contributed by atoms with Crippen LogP contribution in [0, 0.1) is 0 Å². The largest absolute Gasteiger partial charge is 0.294 e. The van der Waals surface area contributed by atoms with Gasteiger partial charge < -0.3 is 0 Å². The fourth-order valence-corrected chi connectivity index (χ4v) is 2.26. The topological polar surface area (TPSA) is 30.0 Å². The maximum atomic E-state index is 11.8. The highest BCUT2D eigenvalue weighted by molar-refractivity contribution is 9.10. The lowest BCUT2D eigenvalue weighted by Crippen LogP contribution is -2.02. The summed E-state index contributed by atoms with van der Waals surface area (Å²) in [5, 5.41) is 2.74. The van der Waals surface area contributed by atoms with Gasteiger partial charge in [0.05, 0.1) is 6.42 Å². The standard InChI is InChI=1S/C11H8BrNOS/c12-9-3-1-2-8(6-9)10(14)7-11-13-4-5-15-11/h1-6H,7H2. The van der Waals surface area contributed by atoms with E-state index in [0.717, 1.165) is 15.0 Å². The van der Waals surface area contributed by atoms with Crippen LogP contribution in [0.2, 0.25) is 0 Å². The van der Waals surface area contributed by atoms with E-state index in [1.165, 1.54) is 11.3 Å². The van der Waals surface area contributed by atoms with Crippen LogP contribution in [-0.4, -0.2) is 10.8 Å². The molecule has 0 atom stereocenters. The Morgan fingerprint density at radius 2 is 2.33 bits per heavy atom. The van der Waals surface area contributed by atoms with E-state index in [1.54, 1.807) is 6.20 Å². The van der Waals surface area contributed by atoms with E-state index in [1.807, 2.05) is 29.6 Å². The van der Waals surface area contributed by atoms with E-state index in [2.05, 4.69) is 20.9 Å². The Hall–Kier alpha value is -1.00. The van der Waals surface area contributed by atoms with E-state index in [-0.39, 0.29) is 5.78 Å². The highest BCUT2D eigenvalue weighted by Crippen LogP contribution is 2.14. The number of benzene rings is 1. The van der Waals surface area contributed by atoms with Gasteiger partial charge in [0.1, 0.15) is 5.01 Å². The predicted octanol–water partition coefficient (Wildman–Crippen LogP) is 3.33. The van der Waals surface area contributed by atoms with Gasteiger partial charge in [-0.1, -0.05) is 28.1 Å². The molecule has 0 unspecified atom stereocenters. The van der Waals surface area contributed by atoms with Crippen LogP contribution in [0.3, 0.4) is 0 Å². The first-order chi connectivity index (χ1) is 7.25. The number of carbonyl (C=O) groups is 1. The van der Waals surface area contributed by atoms with E-state index in [4.69, 9.17) is 0 Å². The summed E-state index contributed by atoms with van der Waals surface area (Å²) in [7, 11) is 0. The molecule has 0 saturated carbocycles. The first-order valence-corrected chi connectivity index (χ1v) is 6.10. The maximum Gasteiger partial charge on any atom is 0.169 e. The molecule has 0 aliphatic carbocycles. The molecule has 76 valence electrons. The molecule has 0 bridgehead atoms. The average molecular weight is 282 g/mol. The van der Waals surface area contributed by atoms with Gasteiger partial charge in [-0.15, -0.1) is 11.3 Å². The molecule has 0 amide bonds. The Balaban J connectivity index is 2.15. The van der Waals surface area contributed by atoms with E-state index >= 15 is 0 Å². The van der Waals surface area contributed by atoms with Crippen molar-refractivity contribution < 1.29 is 4.79 Å². The minimum Gasteiger partial charge on any atom is -0.294 e. The van der Waals surface area contributed by atoms with Gasteiger partial charge >= 0.3 is 0 Å². The molecular weight excluding hydrogens is 274 g/mol. The van der Waals surface area contributed by atoms with Crippen LogP contribution in [0.25, 0.3) is 0 Å². The van der Waals surface area contributed by atoms with Crippen LogP contribution in [0.5, 0.6) is 0 Å². The summed E-state index contributed by atoms with van der Waals surface area (Å²) in [6.45, 7) is 0. The number of ketones is 1. The van der Waals surface area contributed by atoms with E-state index in [9.17, 15) is 4.79 Å². The molecule has 2 rings (SSSR count). The van der Waals surface area contributed by atoms with Gasteiger partial charge in [0.2, 0.25) is 0 Å². The molecule has 1 aromatic carbocycles. The lowest BCUT2D eigenvalue weighted by molar-refractivity contribution is 0.0993. The van der Waals surface area contributed by atoms with Crippen molar-refractivity contribution >= 4 is 33.0 Å². The zero-order valence-corrected chi connectivity index (χ0v) is 10.2. The van der Waals surface area contributed by atoms with Gasteiger partial charge in [-0.2, -0.15) is 0 Å². The number of hydrogen-bond acceptors (Lipinski definition) is 3. The molecule has 0 aliphatic rings. The third-order valence-corrected chi connectivity index (χ3v) is 3.21. The molecule has 15 heavy (non-hydrogen) atoms. The summed E-state index contributed by atoms with van der Waals surface area (Å²) in [6, 6.07) is 7.41. The van der Waals surface area contributed by atoms with Gasteiger partial charge in [0, 0.05) is 21.6 Å². The van der Waals surface area contributed by atoms with Crippen LogP contribution in [0.4, 0.5) is 0 Å². The number of Topliss-reactive ketones (excluding diaryl/α,β-unsaturated/α-hetero) is 1. The number of rotatable bonds is 3. The SMILES string of the molecule is O=C(Cc1nccs1)c1cccc(Br)c1. The summed E-state index contributed by atoms with van der Waals surface area (Å²) < 4.78 is 0.924. The summed E-state index contributed by atoms with van der Waals surface area (Å²) in [5.41, 5.74) is 0.722. The number of aromatic nitrogens is 1. The molecule has 2 nitrogen and oxygen atoms in total. The molecular formula is C11H8BrNOS. The Kier molecular flexibility index (Phi) is 3.28. The summed E-state index contributed by atoms with van der Waals surface area (Å²) in [4.78, 5) is 15.9. The molecule has 1 heterocycles. The van der Waals surface area contributed by atoms with Crippen LogP contribution < -0.4 is 0 Å².